The Morgan fingerprint density at radius 3 is 2.37 bits per heavy atom. The maximum Gasteiger partial charge on any atom is 0.162 e. The van der Waals surface area contributed by atoms with Gasteiger partial charge in [-0.05, 0) is 46.7 Å². The SMILES string of the molecule is CC(C)c1nc(-c2ccc(Cl)cc2Cl)nc(Cl)c1I. The summed E-state index contributed by atoms with van der Waals surface area (Å²) in [4.78, 5) is 8.86. The Kier molecular flexibility index (Phi) is 4.93. The van der Waals surface area contributed by atoms with Crippen molar-refractivity contribution in [2.45, 2.75) is 19.8 Å². The first kappa shape index (κ1) is 15.3. The molecule has 1 heterocycles. The fraction of sp³-hybridized carbons (Fsp3) is 0.231. The van der Waals surface area contributed by atoms with E-state index in [4.69, 9.17) is 34.8 Å². The molecular formula is C13H10Cl3IN2. The van der Waals surface area contributed by atoms with Gasteiger partial charge in [-0.2, -0.15) is 0 Å². The fourth-order valence-corrected chi connectivity index (χ4v) is 3.14. The first-order chi connectivity index (χ1) is 8.90. The lowest BCUT2D eigenvalue weighted by molar-refractivity contribution is 0.808. The normalized spacial score (nSPS) is 11.1. The summed E-state index contributed by atoms with van der Waals surface area (Å²) in [5.41, 5.74) is 1.65. The van der Waals surface area contributed by atoms with Gasteiger partial charge < -0.3 is 0 Å². The molecule has 0 amide bonds. The van der Waals surface area contributed by atoms with Gasteiger partial charge >= 0.3 is 0 Å². The van der Waals surface area contributed by atoms with E-state index in [0.717, 1.165) is 14.8 Å². The van der Waals surface area contributed by atoms with Crippen LogP contribution in [0.5, 0.6) is 0 Å². The van der Waals surface area contributed by atoms with Crippen LogP contribution in [0.1, 0.15) is 25.5 Å². The van der Waals surface area contributed by atoms with Crippen LogP contribution in [0.15, 0.2) is 18.2 Å². The average molecular weight is 428 g/mol. The van der Waals surface area contributed by atoms with Crippen LogP contribution in [-0.4, -0.2) is 9.97 Å². The highest BCUT2D eigenvalue weighted by Crippen LogP contribution is 2.32. The lowest BCUT2D eigenvalue weighted by atomic mass is 10.1. The third-order valence-corrected chi connectivity index (χ3v) is 4.76. The molecule has 6 heteroatoms. The van der Waals surface area contributed by atoms with E-state index < -0.39 is 0 Å². The van der Waals surface area contributed by atoms with Crippen molar-refractivity contribution >= 4 is 57.4 Å². The van der Waals surface area contributed by atoms with Gasteiger partial charge in [0.05, 0.1) is 14.3 Å². The monoisotopic (exact) mass is 426 g/mol. The first-order valence-corrected chi connectivity index (χ1v) is 7.79. The van der Waals surface area contributed by atoms with Crippen LogP contribution in [0.3, 0.4) is 0 Å². The number of aromatic nitrogens is 2. The summed E-state index contributed by atoms with van der Waals surface area (Å²) < 4.78 is 0.878. The molecule has 0 aliphatic carbocycles. The lowest BCUT2D eigenvalue weighted by Gasteiger charge is -2.11. The van der Waals surface area contributed by atoms with Gasteiger partial charge in [0.25, 0.3) is 0 Å². The molecule has 0 fully saturated rings. The zero-order valence-corrected chi connectivity index (χ0v) is 14.6. The summed E-state index contributed by atoms with van der Waals surface area (Å²) in [7, 11) is 0. The summed E-state index contributed by atoms with van der Waals surface area (Å²) in [6, 6.07) is 5.23. The van der Waals surface area contributed by atoms with Crippen molar-refractivity contribution in [3.8, 4) is 11.4 Å². The van der Waals surface area contributed by atoms with Gasteiger partial charge in [-0.25, -0.2) is 9.97 Å². The molecule has 0 spiro atoms. The number of nitrogens with zero attached hydrogens (tertiary/aromatic N) is 2. The molecule has 0 saturated heterocycles. The Morgan fingerprint density at radius 1 is 1.11 bits per heavy atom. The van der Waals surface area contributed by atoms with Crippen LogP contribution in [0.4, 0.5) is 0 Å². The van der Waals surface area contributed by atoms with Crippen LogP contribution >= 0.6 is 57.4 Å². The van der Waals surface area contributed by atoms with E-state index in [9.17, 15) is 0 Å². The topological polar surface area (TPSA) is 25.8 Å². The summed E-state index contributed by atoms with van der Waals surface area (Å²) in [6.07, 6.45) is 0. The highest BCUT2D eigenvalue weighted by molar-refractivity contribution is 14.1. The predicted octanol–water partition coefficient (Wildman–Crippen LogP) is 5.83. The Labute approximate surface area is 140 Å². The van der Waals surface area contributed by atoms with Crippen molar-refractivity contribution in [2.75, 3.05) is 0 Å². The molecule has 0 N–H and O–H groups in total. The van der Waals surface area contributed by atoms with Crippen molar-refractivity contribution in [1.29, 1.82) is 0 Å². The van der Waals surface area contributed by atoms with Gasteiger partial charge in [0.1, 0.15) is 5.15 Å². The van der Waals surface area contributed by atoms with Gasteiger partial charge in [-0.15, -0.1) is 0 Å². The fourth-order valence-electron chi connectivity index (χ4n) is 1.61. The maximum atomic E-state index is 6.18. The maximum absolute atomic E-state index is 6.18. The highest BCUT2D eigenvalue weighted by Gasteiger charge is 2.16. The quantitative estimate of drug-likeness (QED) is 0.445. The number of halogens is 4. The summed E-state index contributed by atoms with van der Waals surface area (Å²) in [5, 5.41) is 1.54. The number of hydrogen-bond acceptors (Lipinski definition) is 2. The molecule has 19 heavy (non-hydrogen) atoms. The number of benzene rings is 1. The lowest BCUT2D eigenvalue weighted by Crippen LogP contribution is -2.02. The van der Waals surface area contributed by atoms with Gasteiger partial charge in [0, 0.05) is 10.6 Å². The highest BCUT2D eigenvalue weighted by atomic mass is 127. The van der Waals surface area contributed by atoms with E-state index in [0.29, 0.717) is 21.0 Å². The second-order valence-corrected chi connectivity index (χ2v) is 6.60. The van der Waals surface area contributed by atoms with Crippen molar-refractivity contribution in [2.24, 2.45) is 0 Å². The summed E-state index contributed by atoms with van der Waals surface area (Å²) in [6.45, 7) is 4.13. The zero-order valence-electron chi connectivity index (χ0n) is 10.2. The van der Waals surface area contributed by atoms with Crippen LogP contribution in [0.25, 0.3) is 11.4 Å². The molecule has 1 aromatic heterocycles. The molecule has 0 radical (unpaired) electrons. The van der Waals surface area contributed by atoms with Crippen LogP contribution in [0.2, 0.25) is 15.2 Å². The van der Waals surface area contributed by atoms with Gasteiger partial charge in [-0.3, -0.25) is 0 Å². The van der Waals surface area contributed by atoms with E-state index in [1.807, 2.05) is 0 Å². The largest absolute Gasteiger partial charge is 0.232 e. The third-order valence-electron chi connectivity index (χ3n) is 2.56. The van der Waals surface area contributed by atoms with Gasteiger partial charge in [-0.1, -0.05) is 48.7 Å². The second kappa shape index (κ2) is 6.12. The van der Waals surface area contributed by atoms with E-state index in [2.05, 4.69) is 46.4 Å². The van der Waals surface area contributed by atoms with Crippen molar-refractivity contribution in [3.63, 3.8) is 0 Å². The average Bonchev–Trinajstić information content (AvgIpc) is 2.32. The predicted molar refractivity (Wildman–Crippen MR) is 89.3 cm³/mol. The smallest absolute Gasteiger partial charge is 0.162 e. The minimum absolute atomic E-state index is 0.261. The second-order valence-electron chi connectivity index (χ2n) is 4.32. The first-order valence-electron chi connectivity index (χ1n) is 5.58. The van der Waals surface area contributed by atoms with Gasteiger partial charge in [0.15, 0.2) is 5.82 Å². The molecule has 0 bridgehead atoms. The molecule has 2 aromatic rings. The molecule has 1 aromatic carbocycles. The number of hydrogen-bond donors (Lipinski definition) is 0. The van der Waals surface area contributed by atoms with Crippen molar-refractivity contribution < 1.29 is 0 Å². The zero-order chi connectivity index (χ0) is 14.2. The molecule has 100 valence electrons. The Morgan fingerprint density at radius 2 is 1.79 bits per heavy atom. The molecule has 0 atom stereocenters. The molecule has 0 unspecified atom stereocenters. The van der Waals surface area contributed by atoms with Crippen molar-refractivity contribution in [1.82, 2.24) is 9.97 Å². The molecule has 2 nitrogen and oxygen atoms in total. The number of rotatable bonds is 2. The van der Waals surface area contributed by atoms with Crippen LogP contribution < -0.4 is 0 Å². The third kappa shape index (κ3) is 3.32. The van der Waals surface area contributed by atoms with E-state index >= 15 is 0 Å². The summed E-state index contributed by atoms with van der Waals surface area (Å²) >= 11 is 20.4. The van der Waals surface area contributed by atoms with Gasteiger partial charge in [0.2, 0.25) is 0 Å². The minimum atomic E-state index is 0.261. The van der Waals surface area contributed by atoms with Crippen LogP contribution in [0, 0.1) is 3.57 Å². The Balaban J connectivity index is 2.63. The Bertz CT molecular complexity index is 630. The molecular weight excluding hydrogens is 417 g/mol. The Hall–Kier alpha value is -0.100. The van der Waals surface area contributed by atoms with E-state index in [1.165, 1.54) is 0 Å². The van der Waals surface area contributed by atoms with Crippen molar-refractivity contribution in [3.05, 3.63) is 42.7 Å². The molecule has 0 saturated carbocycles. The van der Waals surface area contributed by atoms with Crippen LogP contribution in [-0.2, 0) is 0 Å². The molecule has 0 aliphatic rings. The summed E-state index contributed by atoms with van der Waals surface area (Å²) in [5.74, 6) is 0.785. The standard InChI is InChI=1S/C13H10Cl3IN2/c1-6(2)11-10(17)12(16)19-13(18-11)8-4-3-7(14)5-9(8)15/h3-6H,1-2H3. The molecule has 0 aliphatic heterocycles. The van der Waals surface area contributed by atoms with E-state index in [-0.39, 0.29) is 5.92 Å². The molecule has 2 rings (SSSR count). The minimum Gasteiger partial charge on any atom is -0.232 e. The van der Waals surface area contributed by atoms with E-state index in [1.54, 1.807) is 18.2 Å².